The Morgan fingerprint density at radius 3 is 2.33 bits per heavy atom. The van der Waals surface area contributed by atoms with Crippen molar-refractivity contribution in [1.29, 1.82) is 0 Å². The average molecular weight is 195 g/mol. The molecular weight excluding hydrogens is 181 g/mol. The summed E-state index contributed by atoms with van der Waals surface area (Å²) in [6, 6.07) is 0. The van der Waals surface area contributed by atoms with Gasteiger partial charge in [0.15, 0.2) is 5.96 Å². The van der Waals surface area contributed by atoms with Gasteiger partial charge in [0, 0.05) is 13.1 Å². The summed E-state index contributed by atoms with van der Waals surface area (Å²) in [4.78, 5) is 21.2. The Morgan fingerprint density at radius 1 is 1.58 bits per heavy atom. The predicted octanol–water partition coefficient (Wildman–Crippen LogP) is -0.264. The molecule has 0 radical (unpaired) electrons. The summed E-state index contributed by atoms with van der Waals surface area (Å²) in [5.41, 5.74) is 5.31. The van der Waals surface area contributed by atoms with Crippen molar-refractivity contribution >= 4 is 13.7 Å². The van der Waals surface area contributed by atoms with Crippen LogP contribution in [-0.4, -0.2) is 33.5 Å². The molecule has 0 fully saturated rings. The lowest BCUT2D eigenvalue weighted by molar-refractivity contribution is 0.318. The van der Waals surface area contributed by atoms with E-state index in [1.165, 1.54) is 0 Å². The van der Waals surface area contributed by atoms with Crippen molar-refractivity contribution in [3.05, 3.63) is 0 Å². The lowest BCUT2D eigenvalue weighted by Gasteiger charge is -2.21. The average Bonchev–Trinajstić information content (AvgIpc) is 1.85. The molecule has 0 aromatic rings. The topological polar surface area (TPSA) is 99.2 Å². The Labute approximate surface area is 71.3 Å². The Bertz CT molecular complexity index is 212. The number of nitrogens with two attached hydrogens (primary N) is 1. The summed E-state index contributed by atoms with van der Waals surface area (Å²) in [6.07, 6.45) is 0. The smallest absolute Gasteiger partial charge is 0.369 e. The molecule has 0 aliphatic rings. The zero-order valence-corrected chi connectivity index (χ0v) is 8.03. The van der Waals surface area contributed by atoms with E-state index in [4.69, 9.17) is 15.5 Å². The normalized spacial score (nSPS) is 13.2. The quantitative estimate of drug-likeness (QED) is 0.327. The van der Waals surface area contributed by atoms with Crippen molar-refractivity contribution in [2.75, 3.05) is 13.1 Å². The molecule has 0 aliphatic carbocycles. The minimum absolute atomic E-state index is 0.117. The van der Waals surface area contributed by atoms with Crippen molar-refractivity contribution in [1.82, 2.24) is 4.67 Å². The highest BCUT2D eigenvalue weighted by atomic mass is 31.2. The van der Waals surface area contributed by atoms with Crippen LogP contribution in [0.25, 0.3) is 0 Å². The fourth-order valence-electron chi connectivity index (χ4n) is 0.723. The lowest BCUT2D eigenvalue weighted by Crippen LogP contribution is -2.34. The third-order valence-corrected chi connectivity index (χ3v) is 2.32. The van der Waals surface area contributed by atoms with E-state index in [9.17, 15) is 4.57 Å². The summed E-state index contributed by atoms with van der Waals surface area (Å²) in [5, 5.41) is 0. The van der Waals surface area contributed by atoms with Crippen LogP contribution in [-0.2, 0) is 4.57 Å². The van der Waals surface area contributed by atoms with Crippen LogP contribution in [0.5, 0.6) is 0 Å². The highest BCUT2D eigenvalue weighted by Gasteiger charge is 2.25. The first-order chi connectivity index (χ1) is 5.43. The van der Waals surface area contributed by atoms with Gasteiger partial charge >= 0.3 is 7.75 Å². The van der Waals surface area contributed by atoms with E-state index in [0.717, 1.165) is 4.67 Å². The van der Waals surface area contributed by atoms with Crippen LogP contribution in [0.1, 0.15) is 13.8 Å². The molecule has 0 aromatic heterocycles. The zero-order chi connectivity index (χ0) is 9.78. The van der Waals surface area contributed by atoms with Crippen LogP contribution < -0.4 is 5.73 Å². The fraction of sp³-hybridized carbons (Fsp3) is 0.800. The summed E-state index contributed by atoms with van der Waals surface area (Å²) < 4.78 is 11.5. The van der Waals surface area contributed by atoms with Gasteiger partial charge in [0.1, 0.15) is 0 Å². The largest absolute Gasteiger partial charge is 0.432 e. The van der Waals surface area contributed by atoms with Crippen LogP contribution >= 0.6 is 7.75 Å². The van der Waals surface area contributed by atoms with Gasteiger partial charge in [-0.05, 0) is 13.8 Å². The van der Waals surface area contributed by atoms with Gasteiger partial charge in [-0.3, -0.25) is 9.66 Å². The van der Waals surface area contributed by atoms with Gasteiger partial charge in [0.25, 0.3) is 0 Å². The van der Waals surface area contributed by atoms with Gasteiger partial charge < -0.3 is 15.5 Å². The summed E-state index contributed by atoms with van der Waals surface area (Å²) in [6.45, 7) is 3.87. The van der Waals surface area contributed by atoms with Crippen LogP contribution in [0.2, 0.25) is 0 Å². The van der Waals surface area contributed by atoms with Gasteiger partial charge in [0.2, 0.25) is 0 Å². The Kier molecular flexibility index (Phi) is 4.23. The van der Waals surface area contributed by atoms with E-state index in [-0.39, 0.29) is 12.5 Å². The summed E-state index contributed by atoms with van der Waals surface area (Å²) >= 11 is 0. The van der Waals surface area contributed by atoms with Crippen LogP contribution in [0.3, 0.4) is 0 Å². The molecule has 7 heteroatoms. The standard InChI is InChI=1S/C5H14N3O3P/c1-3-7-5(6)8(4-2)12(9,10)11/h3-4H2,1-2H3,(H2,6,7)(H2,9,10,11). The first-order valence-corrected chi connectivity index (χ1v) is 5.13. The third-order valence-electron chi connectivity index (χ3n) is 1.20. The number of hydrogen-bond acceptors (Lipinski definition) is 2. The Balaban J connectivity index is 4.57. The summed E-state index contributed by atoms with van der Waals surface area (Å²) in [5.74, 6) is -0.117. The van der Waals surface area contributed by atoms with Crippen molar-refractivity contribution in [2.24, 2.45) is 10.7 Å². The van der Waals surface area contributed by atoms with Crippen molar-refractivity contribution < 1.29 is 14.4 Å². The van der Waals surface area contributed by atoms with E-state index < -0.39 is 7.75 Å². The monoisotopic (exact) mass is 195 g/mol. The number of nitrogens with zero attached hydrogens (tertiary/aromatic N) is 2. The molecule has 6 nitrogen and oxygen atoms in total. The number of guanidine groups is 1. The number of rotatable bonds is 3. The van der Waals surface area contributed by atoms with Crippen molar-refractivity contribution in [2.45, 2.75) is 13.8 Å². The molecule has 0 amide bonds. The first kappa shape index (κ1) is 11.4. The van der Waals surface area contributed by atoms with Gasteiger partial charge in [0.05, 0.1) is 0 Å². The van der Waals surface area contributed by atoms with Crippen LogP contribution in [0, 0.1) is 0 Å². The van der Waals surface area contributed by atoms with Crippen LogP contribution in [0.15, 0.2) is 4.99 Å². The third kappa shape index (κ3) is 3.21. The van der Waals surface area contributed by atoms with E-state index >= 15 is 0 Å². The molecule has 0 aromatic carbocycles. The molecule has 0 atom stereocenters. The maximum Gasteiger partial charge on any atom is 0.432 e. The van der Waals surface area contributed by atoms with Crippen molar-refractivity contribution in [3.63, 3.8) is 0 Å². The molecule has 0 rings (SSSR count). The minimum atomic E-state index is -4.28. The molecule has 72 valence electrons. The van der Waals surface area contributed by atoms with E-state index in [0.29, 0.717) is 6.54 Å². The van der Waals surface area contributed by atoms with Crippen molar-refractivity contribution in [3.8, 4) is 0 Å². The number of hydrogen-bond donors (Lipinski definition) is 3. The molecule has 0 saturated heterocycles. The molecule has 0 spiro atoms. The SMILES string of the molecule is CCN=C(N)N(CC)P(=O)(O)O. The molecular formula is C5H14N3O3P. The fourth-order valence-corrected chi connectivity index (χ4v) is 1.42. The van der Waals surface area contributed by atoms with Gasteiger partial charge in [-0.2, -0.15) is 0 Å². The maximum absolute atomic E-state index is 10.7. The zero-order valence-electron chi connectivity index (χ0n) is 7.14. The lowest BCUT2D eigenvalue weighted by atomic mass is 10.7. The van der Waals surface area contributed by atoms with E-state index in [2.05, 4.69) is 4.99 Å². The molecule has 4 N–H and O–H groups in total. The molecule has 0 saturated carbocycles. The summed E-state index contributed by atoms with van der Waals surface area (Å²) in [7, 11) is -4.28. The van der Waals surface area contributed by atoms with E-state index in [1.807, 2.05) is 0 Å². The minimum Gasteiger partial charge on any atom is -0.369 e. The van der Waals surface area contributed by atoms with Gasteiger partial charge in [-0.15, -0.1) is 0 Å². The number of aliphatic imine (C=N–C) groups is 1. The molecule has 0 bridgehead atoms. The van der Waals surface area contributed by atoms with Crippen LogP contribution in [0.4, 0.5) is 0 Å². The van der Waals surface area contributed by atoms with Gasteiger partial charge in [-0.1, -0.05) is 0 Å². The molecule has 0 unspecified atom stereocenters. The maximum atomic E-state index is 10.7. The highest BCUT2D eigenvalue weighted by Crippen LogP contribution is 2.38. The molecule has 0 aliphatic heterocycles. The second-order valence-corrected chi connectivity index (χ2v) is 3.57. The molecule has 0 heterocycles. The van der Waals surface area contributed by atoms with E-state index in [1.54, 1.807) is 13.8 Å². The highest BCUT2D eigenvalue weighted by molar-refractivity contribution is 7.49. The Hall–Kier alpha value is -0.580. The molecule has 12 heavy (non-hydrogen) atoms. The first-order valence-electron chi connectivity index (χ1n) is 3.57. The second-order valence-electron chi connectivity index (χ2n) is 2.06. The second kappa shape index (κ2) is 4.45. The predicted molar refractivity (Wildman–Crippen MR) is 46.6 cm³/mol. The Morgan fingerprint density at radius 2 is 2.08 bits per heavy atom. The van der Waals surface area contributed by atoms with Gasteiger partial charge in [-0.25, -0.2) is 4.57 Å².